The quantitative estimate of drug-likeness (QED) is 0.362. The van der Waals surface area contributed by atoms with Gasteiger partial charge in [-0.1, -0.05) is 13.8 Å². The number of carboxylic acids is 4. The zero-order chi connectivity index (χ0) is 18.4. The molecular formula is C12H28NNaO8. The molecule has 0 radical (unpaired) electrons. The Morgan fingerprint density at radius 2 is 0.773 bits per heavy atom. The summed E-state index contributed by atoms with van der Waals surface area (Å²) in [4.78, 5) is 36.0. The number of hydrogen-bond acceptors (Lipinski definition) is 5. The van der Waals surface area contributed by atoms with E-state index >= 15 is 0 Å². The average molecular weight is 337 g/mol. The van der Waals surface area contributed by atoms with Gasteiger partial charge in [0.25, 0.3) is 23.9 Å². The third-order valence-corrected chi connectivity index (χ3v) is 0.500. The van der Waals surface area contributed by atoms with Gasteiger partial charge in [0.2, 0.25) is 0 Å². The maximum Gasteiger partial charge on any atom is 1.00 e. The minimum absolute atomic E-state index is 0. The molecule has 0 aromatic heterocycles. The molecule has 0 saturated heterocycles. The fourth-order valence-corrected chi connectivity index (χ4v) is 0.250. The van der Waals surface area contributed by atoms with Gasteiger partial charge in [-0.25, -0.2) is 0 Å². The number of hydrogen-bond donors (Lipinski definition) is 5. The fraction of sp³-hybridized carbons (Fsp3) is 0.667. The van der Waals surface area contributed by atoms with E-state index in [-0.39, 0.29) is 31.0 Å². The van der Waals surface area contributed by atoms with E-state index in [2.05, 4.69) is 19.2 Å². The number of carbonyl (C=O) groups is 4. The van der Waals surface area contributed by atoms with Crippen molar-refractivity contribution >= 4 is 23.9 Å². The van der Waals surface area contributed by atoms with Crippen LogP contribution in [-0.4, -0.2) is 57.4 Å². The predicted molar refractivity (Wildman–Crippen MR) is 78.6 cm³/mol. The van der Waals surface area contributed by atoms with Gasteiger partial charge in [-0.15, -0.1) is 0 Å². The van der Waals surface area contributed by atoms with Crippen LogP contribution in [0.1, 0.15) is 43.0 Å². The Bertz CT molecular complexity index is 212. The van der Waals surface area contributed by atoms with Crippen molar-refractivity contribution < 1.29 is 70.6 Å². The molecular weight excluding hydrogens is 309 g/mol. The molecule has 0 aliphatic heterocycles. The van der Waals surface area contributed by atoms with Crippen LogP contribution in [0.25, 0.3) is 0 Å². The van der Waals surface area contributed by atoms with E-state index in [1.54, 1.807) is 0 Å². The third-order valence-electron chi connectivity index (χ3n) is 0.500. The van der Waals surface area contributed by atoms with E-state index < -0.39 is 23.9 Å². The van der Waals surface area contributed by atoms with Crippen molar-refractivity contribution in [3.05, 3.63) is 0 Å². The van der Waals surface area contributed by atoms with Crippen molar-refractivity contribution in [3.8, 4) is 0 Å². The molecule has 0 amide bonds. The zero-order valence-electron chi connectivity index (χ0n) is 15.3. The van der Waals surface area contributed by atoms with Gasteiger partial charge in [-0.3, -0.25) is 19.2 Å². The van der Waals surface area contributed by atoms with Crippen molar-refractivity contribution in [1.82, 2.24) is 5.32 Å². The van der Waals surface area contributed by atoms with Gasteiger partial charge < -0.3 is 27.2 Å². The first-order valence-electron chi connectivity index (χ1n) is 5.83. The molecule has 0 aliphatic rings. The van der Waals surface area contributed by atoms with Crippen LogP contribution in [0.2, 0.25) is 0 Å². The predicted octanol–water partition coefficient (Wildman–Crippen LogP) is -1.90. The minimum atomic E-state index is -0.833. The molecule has 0 aromatic rings. The Morgan fingerprint density at radius 3 is 0.773 bits per heavy atom. The summed E-state index contributed by atoms with van der Waals surface area (Å²) in [5, 5.41) is 32.8. The molecule has 0 spiro atoms. The molecule has 0 aliphatic carbocycles. The van der Waals surface area contributed by atoms with Gasteiger partial charge in [-0.2, -0.15) is 0 Å². The van der Waals surface area contributed by atoms with E-state index in [1.807, 2.05) is 0 Å². The Balaban J connectivity index is -0.0000000273. The van der Waals surface area contributed by atoms with Crippen molar-refractivity contribution in [2.75, 3.05) is 13.1 Å². The molecule has 5 N–H and O–H groups in total. The summed E-state index contributed by atoms with van der Waals surface area (Å²) in [5.74, 6) is -3.33. The first-order valence-corrected chi connectivity index (χ1v) is 5.83. The monoisotopic (exact) mass is 337 g/mol. The summed E-state index contributed by atoms with van der Waals surface area (Å²) in [6.45, 7) is 10.7. The van der Waals surface area contributed by atoms with E-state index in [0.717, 1.165) is 40.8 Å². The molecule has 0 unspecified atom stereocenters. The summed E-state index contributed by atoms with van der Waals surface area (Å²) >= 11 is 0. The maximum atomic E-state index is 9.00. The van der Waals surface area contributed by atoms with Crippen LogP contribution in [0.4, 0.5) is 0 Å². The summed E-state index contributed by atoms with van der Waals surface area (Å²) in [5.41, 5.74) is 0. The second kappa shape index (κ2) is 36.8. The van der Waals surface area contributed by atoms with Gasteiger partial charge in [-0.05, 0) is 13.1 Å². The van der Waals surface area contributed by atoms with Crippen LogP contribution < -0.4 is 34.9 Å². The SMILES string of the molecule is CC(=O)O.CC(=O)O.CC(=O)O.CC(=O)O.CCNCC.[H-].[Na+]. The van der Waals surface area contributed by atoms with Crippen molar-refractivity contribution in [2.24, 2.45) is 0 Å². The molecule has 130 valence electrons. The molecule has 0 bridgehead atoms. The molecule has 0 saturated carbocycles. The number of aliphatic carboxylic acids is 4. The summed E-state index contributed by atoms with van der Waals surface area (Å²) in [7, 11) is 0. The minimum Gasteiger partial charge on any atom is -1.00 e. The summed E-state index contributed by atoms with van der Waals surface area (Å²) in [6, 6.07) is 0. The molecule has 10 heteroatoms. The average Bonchev–Trinajstić information content (AvgIpc) is 2.14. The first kappa shape index (κ1) is 37.2. The van der Waals surface area contributed by atoms with Crippen LogP contribution >= 0.6 is 0 Å². The van der Waals surface area contributed by atoms with Gasteiger partial charge in [0.1, 0.15) is 0 Å². The van der Waals surface area contributed by atoms with Crippen LogP contribution in [0.15, 0.2) is 0 Å². The number of carboxylic acid groups (broad SMARTS) is 4. The van der Waals surface area contributed by atoms with Crippen molar-refractivity contribution in [3.63, 3.8) is 0 Å². The first-order chi connectivity index (χ1) is 9.34. The standard InChI is InChI=1S/C4H11N.4C2H4O2.Na.H/c1-3-5-4-2;4*1-2(3)4;;/h5H,3-4H2,1-2H3;4*1H3,(H,3,4);;/q;;;;;+1;-1. The van der Waals surface area contributed by atoms with Gasteiger partial charge in [0.05, 0.1) is 0 Å². The molecule has 0 atom stereocenters. The molecule has 0 heterocycles. The Kier molecular flexibility index (Phi) is 62.2. The van der Waals surface area contributed by atoms with E-state index in [9.17, 15) is 0 Å². The van der Waals surface area contributed by atoms with Crippen LogP contribution in [0.5, 0.6) is 0 Å². The molecule has 22 heavy (non-hydrogen) atoms. The summed E-state index contributed by atoms with van der Waals surface area (Å²) < 4.78 is 0. The topological polar surface area (TPSA) is 161 Å². The largest absolute Gasteiger partial charge is 1.00 e. The Morgan fingerprint density at radius 1 is 0.682 bits per heavy atom. The van der Waals surface area contributed by atoms with Gasteiger partial charge >= 0.3 is 29.6 Å². The van der Waals surface area contributed by atoms with Crippen molar-refractivity contribution in [2.45, 2.75) is 41.5 Å². The Labute approximate surface area is 154 Å². The molecule has 0 rings (SSSR count). The third kappa shape index (κ3) is 8500. The number of rotatable bonds is 2. The molecule has 0 aromatic carbocycles. The number of nitrogens with one attached hydrogen (secondary N) is 1. The van der Waals surface area contributed by atoms with Crippen LogP contribution in [0.3, 0.4) is 0 Å². The van der Waals surface area contributed by atoms with E-state index in [1.165, 1.54) is 0 Å². The van der Waals surface area contributed by atoms with Gasteiger partial charge in [0, 0.05) is 27.7 Å². The van der Waals surface area contributed by atoms with Crippen molar-refractivity contribution in [1.29, 1.82) is 0 Å². The van der Waals surface area contributed by atoms with Crippen LogP contribution in [0, 0.1) is 0 Å². The second-order valence-electron chi connectivity index (χ2n) is 3.03. The molecule has 0 fully saturated rings. The second-order valence-corrected chi connectivity index (χ2v) is 3.03. The maximum absolute atomic E-state index is 9.00. The smallest absolute Gasteiger partial charge is 1.00 e. The molecule has 9 nitrogen and oxygen atoms in total. The van der Waals surface area contributed by atoms with Gasteiger partial charge in [0.15, 0.2) is 0 Å². The van der Waals surface area contributed by atoms with Crippen LogP contribution in [-0.2, 0) is 19.2 Å². The summed E-state index contributed by atoms with van der Waals surface area (Å²) in [6.07, 6.45) is 0. The zero-order valence-corrected chi connectivity index (χ0v) is 16.3. The fourth-order valence-electron chi connectivity index (χ4n) is 0.250. The van der Waals surface area contributed by atoms with E-state index in [0.29, 0.717) is 0 Å². The Hall–Kier alpha value is -1.16. The van der Waals surface area contributed by atoms with E-state index in [4.69, 9.17) is 39.6 Å². The normalized spacial score (nSPS) is 6.45.